The number of benzene rings is 1. The number of ether oxygens (including phenoxy) is 2. The zero-order chi connectivity index (χ0) is 21.0. The van der Waals surface area contributed by atoms with Gasteiger partial charge in [0.2, 0.25) is 0 Å². The molecular weight excluding hydrogens is 372 g/mol. The third-order valence-electron chi connectivity index (χ3n) is 5.33. The van der Waals surface area contributed by atoms with Crippen molar-refractivity contribution in [2.75, 3.05) is 14.2 Å². The maximum Gasteiger partial charge on any atom is 0.331 e. The average Bonchev–Trinajstić information content (AvgIpc) is 2.71. The van der Waals surface area contributed by atoms with Gasteiger partial charge in [0, 0.05) is 11.6 Å². The van der Waals surface area contributed by atoms with Crippen LogP contribution in [0.3, 0.4) is 0 Å². The topological polar surface area (TPSA) is 84.9 Å². The summed E-state index contributed by atoms with van der Waals surface area (Å²) in [6.07, 6.45) is 8.32. The van der Waals surface area contributed by atoms with E-state index in [9.17, 15) is 14.4 Å². The highest BCUT2D eigenvalue weighted by molar-refractivity contribution is 6.31. The molecule has 4 amide bonds. The van der Waals surface area contributed by atoms with E-state index in [1.165, 1.54) is 18.1 Å². The van der Waals surface area contributed by atoms with Gasteiger partial charge in [-0.25, -0.2) is 4.79 Å². The standard InChI is InChI=1S/C22H26N2O5/c1-4-8-15-11-14(13-18(28-2)19(15)29-3)12-17-20(25)23-22(27)24(21(17)26)16-9-6-5-7-10-16/h4,11-13,16H,1,5-10H2,2-3H3,(H,23,25,27). The molecule has 0 spiro atoms. The number of carbonyl (C=O) groups is 3. The van der Waals surface area contributed by atoms with Gasteiger partial charge in [-0.1, -0.05) is 25.3 Å². The first-order valence-corrected chi connectivity index (χ1v) is 9.76. The van der Waals surface area contributed by atoms with Crippen LogP contribution in [0.25, 0.3) is 6.08 Å². The van der Waals surface area contributed by atoms with Crippen LogP contribution in [0.5, 0.6) is 11.5 Å². The van der Waals surface area contributed by atoms with Gasteiger partial charge in [0.05, 0.1) is 14.2 Å². The Labute approximate surface area is 170 Å². The number of nitrogens with zero attached hydrogens (tertiary/aromatic N) is 1. The second-order valence-corrected chi connectivity index (χ2v) is 7.19. The highest BCUT2D eigenvalue weighted by Crippen LogP contribution is 2.34. The van der Waals surface area contributed by atoms with Gasteiger partial charge in [0.1, 0.15) is 5.57 Å². The summed E-state index contributed by atoms with van der Waals surface area (Å²) in [4.78, 5) is 39.0. The molecule has 1 aliphatic heterocycles. The molecule has 154 valence electrons. The first-order valence-electron chi connectivity index (χ1n) is 9.76. The van der Waals surface area contributed by atoms with E-state index in [0.717, 1.165) is 37.7 Å². The molecular formula is C22H26N2O5. The average molecular weight is 398 g/mol. The molecule has 1 saturated carbocycles. The number of imide groups is 2. The molecule has 0 bridgehead atoms. The first kappa shape index (κ1) is 20.6. The van der Waals surface area contributed by atoms with E-state index in [-0.39, 0.29) is 11.6 Å². The molecule has 1 heterocycles. The van der Waals surface area contributed by atoms with E-state index in [1.54, 1.807) is 19.3 Å². The van der Waals surface area contributed by atoms with E-state index in [0.29, 0.717) is 23.5 Å². The zero-order valence-corrected chi connectivity index (χ0v) is 16.8. The number of hydrogen-bond donors (Lipinski definition) is 1. The molecule has 3 rings (SSSR count). The Morgan fingerprint density at radius 2 is 1.86 bits per heavy atom. The number of rotatable bonds is 6. The van der Waals surface area contributed by atoms with Crippen molar-refractivity contribution in [2.24, 2.45) is 0 Å². The third-order valence-corrected chi connectivity index (χ3v) is 5.33. The maximum atomic E-state index is 13.0. The summed E-state index contributed by atoms with van der Waals surface area (Å²) in [5.74, 6) is -0.173. The Bertz CT molecular complexity index is 868. The minimum atomic E-state index is -0.688. The van der Waals surface area contributed by atoms with Crippen LogP contribution in [-0.4, -0.2) is 43.0 Å². The Hall–Kier alpha value is -3.09. The second-order valence-electron chi connectivity index (χ2n) is 7.19. The number of amides is 4. The molecule has 1 saturated heterocycles. The van der Waals surface area contributed by atoms with Gasteiger partial charge in [-0.3, -0.25) is 19.8 Å². The van der Waals surface area contributed by atoms with Crippen molar-refractivity contribution in [1.29, 1.82) is 0 Å². The first-order chi connectivity index (χ1) is 14.0. The van der Waals surface area contributed by atoms with E-state index >= 15 is 0 Å². The number of methoxy groups -OCH3 is 2. The van der Waals surface area contributed by atoms with Crippen molar-refractivity contribution in [3.8, 4) is 11.5 Å². The van der Waals surface area contributed by atoms with Crippen molar-refractivity contribution in [3.63, 3.8) is 0 Å². The van der Waals surface area contributed by atoms with Crippen LogP contribution >= 0.6 is 0 Å². The number of hydrogen-bond acceptors (Lipinski definition) is 5. The van der Waals surface area contributed by atoms with Crippen LogP contribution in [0.15, 0.2) is 30.4 Å². The van der Waals surface area contributed by atoms with E-state index < -0.39 is 17.8 Å². The van der Waals surface area contributed by atoms with E-state index in [4.69, 9.17) is 9.47 Å². The lowest BCUT2D eigenvalue weighted by Crippen LogP contribution is -2.58. The molecule has 0 atom stereocenters. The van der Waals surface area contributed by atoms with Gasteiger partial charge in [-0.2, -0.15) is 0 Å². The Kier molecular flexibility index (Phi) is 6.36. The van der Waals surface area contributed by atoms with Crippen molar-refractivity contribution in [3.05, 3.63) is 41.5 Å². The predicted octanol–water partition coefficient (Wildman–Crippen LogP) is 3.23. The molecule has 29 heavy (non-hydrogen) atoms. The molecule has 0 unspecified atom stereocenters. The van der Waals surface area contributed by atoms with Crippen molar-refractivity contribution in [2.45, 2.75) is 44.6 Å². The fourth-order valence-corrected chi connectivity index (χ4v) is 3.97. The van der Waals surface area contributed by atoms with Crippen LogP contribution in [0.2, 0.25) is 0 Å². The molecule has 1 N–H and O–H groups in total. The number of carbonyl (C=O) groups excluding carboxylic acids is 3. The van der Waals surface area contributed by atoms with Gasteiger partial charge < -0.3 is 9.47 Å². The molecule has 1 aromatic carbocycles. The molecule has 7 heteroatoms. The summed E-state index contributed by atoms with van der Waals surface area (Å²) >= 11 is 0. The highest BCUT2D eigenvalue weighted by Gasteiger charge is 2.40. The fraction of sp³-hybridized carbons (Fsp3) is 0.409. The number of nitrogens with one attached hydrogen (secondary N) is 1. The number of allylic oxidation sites excluding steroid dienone is 1. The lowest BCUT2D eigenvalue weighted by Gasteiger charge is -2.35. The summed E-state index contributed by atoms with van der Waals surface area (Å²) in [6, 6.07) is 2.70. The Morgan fingerprint density at radius 1 is 1.14 bits per heavy atom. The van der Waals surface area contributed by atoms with Crippen LogP contribution < -0.4 is 14.8 Å². The SMILES string of the molecule is C=CCc1cc(C=C2C(=O)NC(=O)N(C3CCCCC3)C2=O)cc(OC)c1OC. The van der Waals surface area contributed by atoms with E-state index in [1.807, 2.05) is 6.07 Å². The van der Waals surface area contributed by atoms with E-state index in [2.05, 4.69) is 11.9 Å². The van der Waals surface area contributed by atoms with Gasteiger partial charge in [-0.05, 0) is 43.0 Å². The molecule has 2 aliphatic rings. The van der Waals surface area contributed by atoms with Gasteiger partial charge in [0.15, 0.2) is 11.5 Å². The largest absolute Gasteiger partial charge is 0.493 e. The van der Waals surface area contributed by atoms with Crippen LogP contribution in [-0.2, 0) is 16.0 Å². The Morgan fingerprint density at radius 3 is 2.48 bits per heavy atom. The number of barbiturate groups is 1. The molecule has 2 fully saturated rings. The second kappa shape index (κ2) is 8.94. The van der Waals surface area contributed by atoms with Crippen LogP contribution in [0.4, 0.5) is 4.79 Å². The molecule has 0 radical (unpaired) electrons. The zero-order valence-electron chi connectivity index (χ0n) is 16.8. The molecule has 1 aromatic rings. The molecule has 1 aliphatic carbocycles. The summed E-state index contributed by atoms with van der Waals surface area (Å²) in [6.45, 7) is 3.75. The lowest BCUT2D eigenvalue weighted by molar-refractivity contribution is -0.132. The number of urea groups is 1. The maximum absolute atomic E-state index is 13.0. The summed E-state index contributed by atoms with van der Waals surface area (Å²) < 4.78 is 10.8. The van der Waals surface area contributed by atoms with Gasteiger partial charge in [-0.15, -0.1) is 6.58 Å². The third kappa shape index (κ3) is 4.18. The summed E-state index contributed by atoms with van der Waals surface area (Å²) in [7, 11) is 3.07. The lowest BCUT2D eigenvalue weighted by atomic mass is 9.93. The fourth-order valence-electron chi connectivity index (χ4n) is 3.97. The van der Waals surface area contributed by atoms with Gasteiger partial charge in [0.25, 0.3) is 11.8 Å². The van der Waals surface area contributed by atoms with Crippen molar-refractivity contribution in [1.82, 2.24) is 10.2 Å². The minimum absolute atomic E-state index is 0.0630. The normalized spacial score (nSPS) is 19.3. The summed E-state index contributed by atoms with van der Waals surface area (Å²) in [5, 5.41) is 2.31. The van der Waals surface area contributed by atoms with Crippen LogP contribution in [0, 0.1) is 0 Å². The molecule has 0 aromatic heterocycles. The van der Waals surface area contributed by atoms with Crippen molar-refractivity contribution >= 4 is 23.9 Å². The minimum Gasteiger partial charge on any atom is -0.493 e. The molecule has 7 nitrogen and oxygen atoms in total. The summed E-state index contributed by atoms with van der Waals surface area (Å²) in [5.41, 5.74) is 1.36. The monoisotopic (exact) mass is 398 g/mol. The predicted molar refractivity (Wildman–Crippen MR) is 109 cm³/mol. The van der Waals surface area contributed by atoms with Crippen molar-refractivity contribution < 1.29 is 23.9 Å². The smallest absolute Gasteiger partial charge is 0.331 e. The quantitative estimate of drug-likeness (QED) is 0.452. The van der Waals surface area contributed by atoms with Gasteiger partial charge >= 0.3 is 6.03 Å². The van der Waals surface area contributed by atoms with Crippen LogP contribution in [0.1, 0.15) is 43.2 Å². The Balaban J connectivity index is 2.00. The highest BCUT2D eigenvalue weighted by atomic mass is 16.5.